The second kappa shape index (κ2) is 6.15. The molecule has 0 saturated carbocycles. The molecule has 2 rings (SSSR count). The van der Waals surface area contributed by atoms with Crippen LogP contribution in [0.5, 0.6) is 0 Å². The molecule has 0 amide bonds. The Bertz CT molecular complexity index is 634. The fraction of sp³-hybridized carbons (Fsp3) is 0.333. The molecule has 1 heterocycles. The first kappa shape index (κ1) is 14.0. The van der Waals surface area contributed by atoms with E-state index in [1.165, 1.54) is 5.56 Å². The van der Waals surface area contributed by atoms with E-state index in [4.69, 9.17) is 0 Å². The number of halogens is 1. The van der Waals surface area contributed by atoms with E-state index in [1.807, 2.05) is 6.07 Å². The summed E-state index contributed by atoms with van der Waals surface area (Å²) in [4.78, 5) is 19.2. The largest absolute Gasteiger partial charge is 0.309 e. The summed E-state index contributed by atoms with van der Waals surface area (Å²) in [6.45, 7) is 4.14. The molecule has 3 nitrogen and oxygen atoms in total. The summed E-state index contributed by atoms with van der Waals surface area (Å²) in [6, 6.07) is 8.24. The third-order valence-electron chi connectivity index (χ3n) is 2.92. The van der Waals surface area contributed by atoms with Crippen LogP contribution in [-0.2, 0) is 12.8 Å². The molecule has 0 aliphatic carbocycles. The normalized spacial score (nSPS) is 10.7. The first-order valence-electron chi connectivity index (χ1n) is 6.43. The summed E-state index contributed by atoms with van der Waals surface area (Å²) in [5.41, 5.74) is 3.12. The Kier molecular flexibility index (Phi) is 4.53. The minimum Gasteiger partial charge on any atom is -0.309 e. The van der Waals surface area contributed by atoms with Crippen LogP contribution in [0.4, 0.5) is 0 Å². The molecule has 0 atom stereocenters. The molecule has 1 N–H and O–H groups in total. The van der Waals surface area contributed by atoms with Gasteiger partial charge >= 0.3 is 0 Å². The Hall–Kier alpha value is -1.42. The van der Waals surface area contributed by atoms with Crippen LogP contribution >= 0.6 is 15.9 Å². The zero-order valence-electron chi connectivity index (χ0n) is 11.2. The Morgan fingerprint density at radius 3 is 2.84 bits per heavy atom. The summed E-state index contributed by atoms with van der Waals surface area (Å²) < 4.78 is 0.558. The van der Waals surface area contributed by atoms with E-state index in [1.54, 1.807) is 0 Å². The van der Waals surface area contributed by atoms with E-state index >= 15 is 0 Å². The summed E-state index contributed by atoms with van der Waals surface area (Å²) in [5, 5.41) is 0. The van der Waals surface area contributed by atoms with E-state index in [0.717, 1.165) is 29.9 Å². The van der Waals surface area contributed by atoms with Crippen molar-refractivity contribution in [2.75, 3.05) is 0 Å². The fourth-order valence-electron chi connectivity index (χ4n) is 2.06. The van der Waals surface area contributed by atoms with Crippen LogP contribution in [-0.4, -0.2) is 9.97 Å². The predicted octanol–water partition coefficient (Wildman–Crippen LogP) is 3.38. The molecule has 0 fully saturated rings. The van der Waals surface area contributed by atoms with Crippen molar-refractivity contribution in [3.63, 3.8) is 0 Å². The third-order valence-corrected chi connectivity index (χ3v) is 3.74. The third kappa shape index (κ3) is 3.53. The van der Waals surface area contributed by atoms with Crippen LogP contribution < -0.4 is 5.56 Å². The molecule has 100 valence electrons. The molecule has 0 saturated heterocycles. The Balaban J connectivity index is 2.33. The fourth-order valence-corrected chi connectivity index (χ4v) is 2.44. The highest BCUT2D eigenvalue weighted by Gasteiger charge is 2.08. The minimum atomic E-state index is -0.0962. The number of aromatic amines is 1. The van der Waals surface area contributed by atoms with Crippen molar-refractivity contribution in [2.24, 2.45) is 0 Å². The van der Waals surface area contributed by atoms with E-state index in [-0.39, 0.29) is 5.56 Å². The molecule has 1 aromatic carbocycles. The maximum Gasteiger partial charge on any atom is 0.265 e. The number of nitrogens with zero attached hydrogens (tertiary/aromatic N) is 1. The van der Waals surface area contributed by atoms with Crippen LogP contribution in [0.2, 0.25) is 0 Å². The molecule has 0 spiro atoms. The highest BCUT2D eigenvalue weighted by molar-refractivity contribution is 9.10. The van der Waals surface area contributed by atoms with Gasteiger partial charge in [0.25, 0.3) is 5.56 Å². The van der Waals surface area contributed by atoms with Crippen molar-refractivity contribution in [1.29, 1.82) is 0 Å². The van der Waals surface area contributed by atoms with Crippen molar-refractivity contribution in [1.82, 2.24) is 9.97 Å². The van der Waals surface area contributed by atoms with Gasteiger partial charge < -0.3 is 4.98 Å². The molecule has 2 aromatic rings. The molecule has 4 heteroatoms. The van der Waals surface area contributed by atoms with E-state index in [0.29, 0.717) is 10.9 Å². The zero-order chi connectivity index (χ0) is 13.8. The lowest BCUT2D eigenvalue weighted by Crippen LogP contribution is -2.16. The topological polar surface area (TPSA) is 45.8 Å². The average Bonchev–Trinajstić information content (AvgIpc) is 2.35. The second-order valence-corrected chi connectivity index (χ2v) is 5.48. The minimum absolute atomic E-state index is 0.0962. The van der Waals surface area contributed by atoms with Gasteiger partial charge in [-0.25, -0.2) is 4.98 Å². The SMILES string of the molecule is CCCc1nc(Cc2cccc(C)c2)[nH]c(=O)c1Br. The number of benzene rings is 1. The van der Waals surface area contributed by atoms with E-state index in [9.17, 15) is 4.79 Å². The highest BCUT2D eigenvalue weighted by atomic mass is 79.9. The number of H-pyrrole nitrogens is 1. The maximum absolute atomic E-state index is 11.9. The predicted molar refractivity (Wildman–Crippen MR) is 80.5 cm³/mol. The van der Waals surface area contributed by atoms with Crippen molar-refractivity contribution in [2.45, 2.75) is 33.1 Å². The number of aryl methyl sites for hydroxylation is 2. The van der Waals surface area contributed by atoms with Gasteiger partial charge in [-0.2, -0.15) is 0 Å². The van der Waals surface area contributed by atoms with Crippen molar-refractivity contribution >= 4 is 15.9 Å². The van der Waals surface area contributed by atoms with Gasteiger partial charge in [0.15, 0.2) is 0 Å². The number of rotatable bonds is 4. The first-order valence-corrected chi connectivity index (χ1v) is 7.22. The molecule has 0 aliphatic heterocycles. The van der Waals surface area contributed by atoms with Gasteiger partial charge in [-0.3, -0.25) is 4.79 Å². The number of hydrogen-bond donors (Lipinski definition) is 1. The quantitative estimate of drug-likeness (QED) is 0.938. The first-order chi connectivity index (χ1) is 9.10. The summed E-state index contributed by atoms with van der Waals surface area (Å²) >= 11 is 3.31. The van der Waals surface area contributed by atoms with Crippen LogP contribution in [0.15, 0.2) is 33.5 Å². The molecule has 0 radical (unpaired) electrons. The Morgan fingerprint density at radius 2 is 2.16 bits per heavy atom. The summed E-state index contributed by atoms with van der Waals surface area (Å²) in [5.74, 6) is 0.724. The van der Waals surface area contributed by atoms with Crippen LogP contribution in [0.1, 0.15) is 36.0 Å². The second-order valence-electron chi connectivity index (χ2n) is 4.69. The van der Waals surface area contributed by atoms with Crippen LogP contribution in [0.25, 0.3) is 0 Å². The van der Waals surface area contributed by atoms with Crippen molar-refractivity contribution in [3.8, 4) is 0 Å². The average molecular weight is 321 g/mol. The van der Waals surface area contributed by atoms with Gasteiger partial charge in [0, 0.05) is 6.42 Å². The summed E-state index contributed by atoms with van der Waals surface area (Å²) in [7, 11) is 0. The molecule has 0 unspecified atom stereocenters. The molecule has 0 aliphatic rings. The highest BCUT2D eigenvalue weighted by Crippen LogP contribution is 2.13. The Morgan fingerprint density at radius 1 is 1.37 bits per heavy atom. The lowest BCUT2D eigenvalue weighted by atomic mass is 10.1. The molecular formula is C15H17BrN2O. The van der Waals surface area contributed by atoms with Crippen LogP contribution in [0.3, 0.4) is 0 Å². The molecule has 1 aromatic heterocycles. The lowest BCUT2D eigenvalue weighted by molar-refractivity contribution is 0.822. The van der Waals surface area contributed by atoms with Gasteiger partial charge in [0.1, 0.15) is 10.3 Å². The lowest BCUT2D eigenvalue weighted by Gasteiger charge is -2.06. The standard InChI is InChI=1S/C15H17BrN2O/c1-3-5-12-14(16)15(19)18-13(17-12)9-11-7-4-6-10(2)8-11/h4,6-8H,3,5,9H2,1-2H3,(H,17,18,19). The molecule has 0 bridgehead atoms. The Labute approximate surface area is 121 Å². The van der Waals surface area contributed by atoms with Gasteiger partial charge in [0.2, 0.25) is 0 Å². The smallest absolute Gasteiger partial charge is 0.265 e. The summed E-state index contributed by atoms with van der Waals surface area (Å²) in [6.07, 6.45) is 2.44. The van der Waals surface area contributed by atoms with Crippen molar-refractivity contribution in [3.05, 3.63) is 61.7 Å². The van der Waals surface area contributed by atoms with Crippen molar-refractivity contribution < 1.29 is 0 Å². The monoisotopic (exact) mass is 320 g/mol. The number of nitrogens with one attached hydrogen (secondary N) is 1. The van der Waals surface area contributed by atoms with E-state index in [2.05, 4.69) is 57.9 Å². The van der Waals surface area contributed by atoms with Gasteiger partial charge in [0.05, 0.1) is 5.69 Å². The zero-order valence-corrected chi connectivity index (χ0v) is 12.8. The van der Waals surface area contributed by atoms with Gasteiger partial charge in [-0.15, -0.1) is 0 Å². The van der Waals surface area contributed by atoms with Gasteiger partial charge in [-0.1, -0.05) is 43.2 Å². The number of hydrogen-bond acceptors (Lipinski definition) is 2. The molecule has 19 heavy (non-hydrogen) atoms. The van der Waals surface area contributed by atoms with E-state index < -0.39 is 0 Å². The maximum atomic E-state index is 11.9. The number of aromatic nitrogens is 2. The van der Waals surface area contributed by atoms with Crippen LogP contribution in [0, 0.1) is 6.92 Å². The molecular weight excluding hydrogens is 304 g/mol. The van der Waals surface area contributed by atoms with Gasteiger partial charge in [-0.05, 0) is 34.8 Å².